The molecule has 0 aliphatic carbocycles. The van der Waals surface area contributed by atoms with Gasteiger partial charge in [0.2, 0.25) is 5.89 Å². The molecule has 1 heterocycles. The van der Waals surface area contributed by atoms with Crippen LogP contribution in [0.3, 0.4) is 0 Å². The molecule has 1 N–H and O–H groups in total. The molecule has 0 atom stereocenters. The highest BCUT2D eigenvalue weighted by Gasteiger charge is 2.08. The first-order valence-electron chi connectivity index (χ1n) is 5.60. The first-order chi connectivity index (χ1) is 8.76. The molecule has 0 aliphatic rings. The third-order valence-corrected chi connectivity index (χ3v) is 2.77. The van der Waals surface area contributed by atoms with Crippen molar-refractivity contribution >= 4 is 16.8 Å². The molecule has 3 rings (SSSR count). The van der Waals surface area contributed by atoms with E-state index in [1.54, 1.807) is 12.1 Å². The number of rotatable bonds is 2. The Balaban J connectivity index is 2.10. The minimum absolute atomic E-state index is 0.271. The summed E-state index contributed by atoms with van der Waals surface area (Å²) in [5.74, 6) is 0.227. The summed E-state index contributed by atoms with van der Waals surface area (Å²) in [4.78, 5) is 4.39. The lowest BCUT2D eigenvalue weighted by Gasteiger charge is -1.96. The molecular weight excluding hydrogens is 231 g/mol. The third kappa shape index (κ3) is 1.82. The van der Waals surface area contributed by atoms with E-state index in [2.05, 4.69) is 10.3 Å². The molecule has 0 saturated heterocycles. The second-order valence-corrected chi connectivity index (χ2v) is 3.96. The van der Waals surface area contributed by atoms with Crippen molar-refractivity contribution in [2.24, 2.45) is 0 Å². The van der Waals surface area contributed by atoms with Gasteiger partial charge in [-0.1, -0.05) is 0 Å². The van der Waals surface area contributed by atoms with Gasteiger partial charge in [0.1, 0.15) is 11.3 Å². The summed E-state index contributed by atoms with van der Waals surface area (Å²) >= 11 is 0. The van der Waals surface area contributed by atoms with Crippen molar-refractivity contribution in [1.82, 2.24) is 4.98 Å². The fraction of sp³-hybridized carbons (Fsp3) is 0.0714. The van der Waals surface area contributed by atoms with Crippen molar-refractivity contribution < 1.29 is 8.81 Å². The molecule has 90 valence electrons. The Hall–Kier alpha value is -2.36. The van der Waals surface area contributed by atoms with Crippen molar-refractivity contribution in [2.45, 2.75) is 0 Å². The number of fused-ring (bicyclic) bond motifs is 1. The van der Waals surface area contributed by atoms with Crippen molar-refractivity contribution in [1.29, 1.82) is 0 Å². The zero-order valence-corrected chi connectivity index (χ0v) is 9.77. The van der Waals surface area contributed by atoms with Crippen LogP contribution < -0.4 is 5.32 Å². The van der Waals surface area contributed by atoms with Gasteiger partial charge in [0.15, 0.2) is 5.58 Å². The molecule has 1 aromatic heterocycles. The van der Waals surface area contributed by atoms with Crippen LogP contribution in [0.2, 0.25) is 0 Å². The average molecular weight is 242 g/mol. The van der Waals surface area contributed by atoms with Gasteiger partial charge >= 0.3 is 0 Å². The molecule has 0 bridgehead atoms. The quantitative estimate of drug-likeness (QED) is 0.745. The Bertz CT molecular complexity index is 689. The topological polar surface area (TPSA) is 38.1 Å². The highest BCUT2D eigenvalue weighted by Crippen LogP contribution is 2.26. The number of halogens is 1. The van der Waals surface area contributed by atoms with Gasteiger partial charge in [0.25, 0.3) is 0 Å². The number of benzene rings is 2. The van der Waals surface area contributed by atoms with Crippen LogP contribution >= 0.6 is 0 Å². The van der Waals surface area contributed by atoms with Crippen LogP contribution in [-0.4, -0.2) is 12.0 Å². The minimum Gasteiger partial charge on any atom is -0.436 e. The number of hydrogen-bond acceptors (Lipinski definition) is 3. The van der Waals surface area contributed by atoms with Crippen LogP contribution in [0.5, 0.6) is 0 Å². The average Bonchev–Trinajstić information content (AvgIpc) is 2.82. The molecular formula is C14H11FN2O. The van der Waals surface area contributed by atoms with Crippen LogP contribution in [0.15, 0.2) is 46.9 Å². The van der Waals surface area contributed by atoms with E-state index in [1.165, 1.54) is 12.1 Å². The first-order valence-corrected chi connectivity index (χ1v) is 5.60. The molecule has 0 unspecified atom stereocenters. The number of nitrogens with zero attached hydrogens (tertiary/aromatic N) is 1. The molecule has 0 amide bonds. The van der Waals surface area contributed by atoms with E-state index in [1.807, 2.05) is 25.2 Å². The molecule has 0 fully saturated rings. The van der Waals surface area contributed by atoms with Gasteiger partial charge in [0.05, 0.1) is 0 Å². The monoisotopic (exact) mass is 242 g/mol. The molecule has 4 heteroatoms. The van der Waals surface area contributed by atoms with Gasteiger partial charge in [-0.25, -0.2) is 9.37 Å². The summed E-state index contributed by atoms with van der Waals surface area (Å²) < 4.78 is 18.5. The van der Waals surface area contributed by atoms with E-state index >= 15 is 0 Å². The van der Waals surface area contributed by atoms with Gasteiger partial charge < -0.3 is 9.73 Å². The third-order valence-electron chi connectivity index (χ3n) is 2.77. The minimum atomic E-state index is -0.271. The maximum atomic E-state index is 12.8. The summed E-state index contributed by atoms with van der Waals surface area (Å²) in [6.45, 7) is 0. The molecule has 0 saturated carbocycles. The van der Waals surface area contributed by atoms with Crippen LogP contribution in [0.1, 0.15) is 0 Å². The summed E-state index contributed by atoms with van der Waals surface area (Å²) in [5, 5.41) is 3.04. The zero-order valence-electron chi connectivity index (χ0n) is 9.77. The molecule has 3 aromatic rings. The maximum absolute atomic E-state index is 12.8. The largest absolute Gasteiger partial charge is 0.436 e. The van der Waals surface area contributed by atoms with Crippen LogP contribution in [0, 0.1) is 5.82 Å². The number of nitrogens with one attached hydrogen (secondary N) is 1. The van der Waals surface area contributed by atoms with E-state index in [0.29, 0.717) is 11.5 Å². The highest BCUT2D eigenvalue weighted by atomic mass is 19.1. The number of anilines is 1. The summed E-state index contributed by atoms with van der Waals surface area (Å²) in [5.41, 5.74) is 3.23. The highest BCUT2D eigenvalue weighted by molar-refractivity contribution is 5.79. The fourth-order valence-electron chi connectivity index (χ4n) is 1.80. The van der Waals surface area contributed by atoms with Gasteiger partial charge in [-0.15, -0.1) is 0 Å². The van der Waals surface area contributed by atoms with E-state index in [9.17, 15) is 4.39 Å². The van der Waals surface area contributed by atoms with E-state index in [4.69, 9.17) is 4.42 Å². The SMILES string of the molecule is CNc1ccc2oc(-c3ccc(F)cc3)nc2c1. The predicted molar refractivity (Wildman–Crippen MR) is 68.9 cm³/mol. The first kappa shape index (κ1) is 10.8. The predicted octanol–water partition coefficient (Wildman–Crippen LogP) is 3.68. The van der Waals surface area contributed by atoms with E-state index in [-0.39, 0.29) is 5.82 Å². The molecule has 0 aliphatic heterocycles. The maximum Gasteiger partial charge on any atom is 0.227 e. The Kier molecular flexibility index (Phi) is 2.48. The molecule has 0 spiro atoms. The second kappa shape index (κ2) is 4.14. The lowest BCUT2D eigenvalue weighted by molar-refractivity contribution is 0.616. The second-order valence-electron chi connectivity index (χ2n) is 3.96. The standard InChI is InChI=1S/C14H11FN2O/c1-16-11-6-7-13-12(8-11)17-14(18-13)9-2-4-10(15)5-3-9/h2-8,16H,1H3. The van der Waals surface area contributed by atoms with Gasteiger partial charge in [0, 0.05) is 18.3 Å². The Morgan fingerprint density at radius 2 is 1.89 bits per heavy atom. The number of aromatic nitrogens is 1. The van der Waals surface area contributed by atoms with Crippen LogP contribution in [0.25, 0.3) is 22.6 Å². The van der Waals surface area contributed by atoms with Gasteiger partial charge in [-0.05, 0) is 42.5 Å². The smallest absolute Gasteiger partial charge is 0.227 e. The van der Waals surface area contributed by atoms with Crippen molar-refractivity contribution in [3.8, 4) is 11.5 Å². The van der Waals surface area contributed by atoms with E-state index < -0.39 is 0 Å². The summed E-state index contributed by atoms with van der Waals surface area (Å²) in [6, 6.07) is 11.8. The number of hydrogen-bond donors (Lipinski definition) is 1. The normalized spacial score (nSPS) is 10.8. The van der Waals surface area contributed by atoms with Gasteiger partial charge in [-0.3, -0.25) is 0 Å². The van der Waals surface area contributed by atoms with Crippen molar-refractivity contribution in [2.75, 3.05) is 12.4 Å². The fourth-order valence-corrected chi connectivity index (χ4v) is 1.80. The molecule has 0 radical (unpaired) electrons. The molecule has 18 heavy (non-hydrogen) atoms. The van der Waals surface area contributed by atoms with E-state index in [0.717, 1.165) is 16.8 Å². The molecule has 3 nitrogen and oxygen atoms in total. The zero-order chi connectivity index (χ0) is 12.5. The molecule has 2 aromatic carbocycles. The number of oxazole rings is 1. The lowest BCUT2D eigenvalue weighted by Crippen LogP contribution is -1.86. The van der Waals surface area contributed by atoms with Crippen LogP contribution in [-0.2, 0) is 0 Å². The van der Waals surface area contributed by atoms with Gasteiger partial charge in [-0.2, -0.15) is 0 Å². The summed E-state index contributed by atoms with van der Waals surface area (Å²) in [7, 11) is 1.85. The van der Waals surface area contributed by atoms with Crippen LogP contribution in [0.4, 0.5) is 10.1 Å². The van der Waals surface area contributed by atoms with Crippen molar-refractivity contribution in [3.05, 3.63) is 48.3 Å². The Morgan fingerprint density at radius 1 is 1.11 bits per heavy atom. The lowest BCUT2D eigenvalue weighted by atomic mass is 10.2. The summed E-state index contributed by atoms with van der Waals surface area (Å²) in [6.07, 6.45) is 0. The Morgan fingerprint density at radius 3 is 2.61 bits per heavy atom. The van der Waals surface area contributed by atoms with Crippen molar-refractivity contribution in [3.63, 3.8) is 0 Å². The Labute approximate surface area is 103 Å².